The molecule has 1 atom stereocenters. The van der Waals surface area contributed by atoms with E-state index in [9.17, 15) is 9.90 Å². The average Bonchev–Trinajstić information content (AvgIpc) is 2.92. The van der Waals surface area contributed by atoms with E-state index in [1.165, 1.54) is 0 Å². The third-order valence-corrected chi connectivity index (χ3v) is 4.99. The maximum absolute atomic E-state index is 12.4. The first kappa shape index (κ1) is 14.2. The third-order valence-electron chi connectivity index (χ3n) is 3.66. The van der Waals surface area contributed by atoms with E-state index >= 15 is 0 Å². The normalized spacial score (nSPS) is 22.6. The summed E-state index contributed by atoms with van der Waals surface area (Å²) in [4.78, 5) is 14.2. The summed E-state index contributed by atoms with van der Waals surface area (Å²) in [5.41, 5.74) is 0.663. The molecule has 19 heavy (non-hydrogen) atoms. The minimum atomic E-state index is -0.192. The molecular weight excluding hydrogens is 262 g/mol. The summed E-state index contributed by atoms with van der Waals surface area (Å²) in [5, 5.41) is 9.48. The van der Waals surface area contributed by atoms with Crippen LogP contribution in [0.25, 0.3) is 0 Å². The standard InChI is InChI=1S/C14H19NO3S/c1-18-12-5-3-11(4-6-12)13(17)15-8-7-14(9-15,10-16)19-2/h3-6,16H,7-10H2,1-2H3. The Bertz CT molecular complexity index is 443. The maximum Gasteiger partial charge on any atom is 0.253 e. The van der Waals surface area contributed by atoms with E-state index in [1.54, 1.807) is 43.1 Å². The lowest BCUT2D eigenvalue weighted by molar-refractivity contribution is 0.0785. The van der Waals surface area contributed by atoms with Crippen molar-refractivity contribution in [2.24, 2.45) is 0 Å². The van der Waals surface area contributed by atoms with Gasteiger partial charge < -0.3 is 14.7 Å². The predicted molar refractivity (Wildman–Crippen MR) is 76.8 cm³/mol. The molecule has 0 radical (unpaired) electrons. The van der Waals surface area contributed by atoms with Gasteiger partial charge in [-0.25, -0.2) is 0 Å². The van der Waals surface area contributed by atoms with Gasteiger partial charge >= 0.3 is 0 Å². The van der Waals surface area contributed by atoms with Crippen LogP contribution < -0.4 is 4.74 Å². The fraction of sp³-hybridized carbons (Fsp3) is 0.500. The van der Waals surface area contributed by atoms with Crippen molar-refractivity contribution in [1.82, 2.24) is 4.90 Å². The number of hydrogen-bond donors (Lipinski definition) is 1. The Morgan fingerprint density at radius 1 is 1.47 bits per heavy atom. The number of benzene rings is 1. The summed E-state index contributed by atoms with van der Waals surface area (Å²) in [6.45, 7) is 1.42. The number of hydrogen-bond acceptors (Lipinski definition) is 4. The van der Waals surface area contributed by atoms with Crippen LogP contribution in [-0.4, -0.2) is 53.7 Å². The average molecular weight is 281 g/mol. The third kappa shape index (κ3) is 2.87. The van der Waals surface area contributed by atoms with Crippen LogP contribution in [0.3, 0.4) is 0 Å². The summed E-state index contributed by atoms with van der Waals surface area (Å²) >= 11 is 1.64. The molecular formula is C14H19NO3S. The number of amides is 1. The number of nitrogens with zero attached hydrogens (tertiary/aromatic N) is 1. The van der Waals surface area contributed by atoms with Crippen LogP contribution in [0.5, 0.6) is 5.75 Å². The van der Waals surface area contributed by atoms with Gasteiger partial charge in [0.15, 0.2) is 0 Å². The number of carbonyl (C=O) groups is 1. The predicted octanol–water partition coefficient (Wildman–Crippen LogP) is 1.64. The molecule has 0 spiro atoms. The van der Waals surface area contributed by atoms with Gasteiger partial charge in [-0.3, -0.25) is 4.79 Å². The van der Waals surface area contributed by atoms with Gasteiger partial charge in [-0.2, -0.15) is 11.8 Å². The molecule has 1 unspecified atom stereocenters. The Morgan fingerprint density at radius 3 is 2.63 bits per heavy atom. The molecule has 1 amide bonds. The highest BCUT2D eigenvalue weighted by Crippen LogP contribution is 2.33. The van der Waals surface area contributed by atoms with Gasteiger partial charge in [0.2, 0.25) is 0 Å². The molecule has 1 aliphatic rings. The molecule has 0 aliphatic carbocycles. The largest absolute Gasteiger partial charge is 0.497 e. The van der Waals surface area contributed by atoms with Crippen molar-refractivity contribution in [3.63, 3.8) is 0 Å². The quantitative estimate of drug-likeness (QED) is 0.911. The topological polar surface area (TPSA) is 49.8 Å². The van der Waals surface area contributed by atoms with E-state index < -0.39 is 0 Å². The number of aliphatic hydroxyl groups is 1. The van der Waals surface area contributed by atoms with Crippen molar-refractivity contribution in [3.8, 4) is 5.75 Å². The van der Waals surface area contributed by atoms with Crippen LogP contribution in [0.1, 0.15) is 16.8 Å². The number of thioether (sulfide) groups is 1. The zero-order valence-corrected chi connectivity index (χ0v) is 12.1. The molecule has 0 saturated carbocycles. The second-order valence-corrected chi connectivity index (χ2v) is 6.02. The molecule has 1 aliphatic heterocycles. The minimum Gasteiger partial charge on any atom is -0.497 e. The lowest BCUT2D eigenvalue weighted by atomic mass is 10.1. The van der Waals surface area contributed by atoms with Gasteiger partial charge in [0, 0.05) is 18.7 Å². The first-order chi connectivity index (χ1) is 9.14. The Kier molecular flexibility index (Phi) is 4.37. The van der Waals surface area contributed by atoms with E-state index in [2.05, 4.69) is 0 Å². The molecule has 104 valence electrons. The molecule has 2 rings (SSSR count). The zero-order chi connectivity index (χ0) is 13.9. The molecule has 1 N–H and O–H groups in total. The summed E-state index contributed by atoms with van der Waals surface area (Å²) in [7, 11) is 1.60. The van der Waals surface area contributed by atoms with Crippen molar-refractivity contribution in [2.45, 2.75) is 11.2 Å². The second kappa shape index (κ2) is 5.84. The number of ether oxygens (including phenoxy) is 1. The lowest BCUT2D eigenvalue weighted by Crippen LogP contribution is -2.36. The molecule has 1 heterocycles. The van der Waals surface area contributed by atoms with Crippen LogP contribution in [-0.2, 0) is 0 Å². The van der Waals surface area contributed by atoms with E-state index in [1.807, 2.05) is 11.2 Å². The van der Waals surface area contributed by atoms with Gasteiger partial charge in [-0.15, -0.1) is 0 Å². The fourth-order valence-electron chi connectivity index (χ4n) is 2.29. The van der Waals surface area contributed by atoms with Crippen LogP contribution in [0, 0.1) is 0 Å². The molecule has 0 aromatic heterocycles. The smallest absolute Gasteiger partial charge is 0.253 e. The number of aliphatic hydroxyl groups excluding tert-OH is 1. The van der Waals surface area contributed by atoms with Gasteiger partial charge in [-0.05, 0) is 36.9 Å². The molecule has 1 aromatic rings. The Balaban J connectivity index is 2.08. The van der Waals surface area contributed by atoms with E-state index in [4.69, 9.17) is 4.74 Å². The van der Waals surface area contributed by atoms with Gasteiger partial charge in [0.1, 0.15) is 5.75 Å². The highest BCUT2D eigenvalue weighted by atomic mass is 32.2. The first-order valence-corrected chi connectivity index (χ1v) is 7.46. The number of rotatable bonds is 4. The number of carbonyl (C=O) groups excluding carboxylic acids is 1. The van der Waals surface area contributed by atoms with Gasteiger partial charge in [0.05, 0.1) is 18.5 Å². The van der Waals surface area contributed by atoms with E-state index in [-0.39, 0.29) is 17.3 Å². The Hall–Kier alpha value is -1.20. The van der Waals surface area contributed by atoms with Crippen molar-refractivity contribution in [3.05, 3.63) is 29.8 Å². The van der Waals surface area contributed by atoms with Crippen molar-refractivity contribution >= 4 is 17.7 Å². The monoisotopic (exact) mass is 281 g/mol. The number of methoxy groups -OCH3 is 1. The highest BCUT2D eigenvalue weighted by molar-refractivity contribution is 8.00. The van der Waals surface area contributed by atoms with Gasteiger partial charge in [0.25, 0.3) is 5.91 Å². The van der Waals surface area contributed by atoms with Crippen LogP contribution >= 0.6 is 11.8 Å². The van der Waals surface area contributed by atoms with Crippen LogP contribution in [0.4, 0.5) is 0 Å². The lowest BCUT2D eigenvalue weighted by Gasteiger charge is -2.24. The zero-order valence-electron chi connectivity index (χ0n) is 11.3. The van der Waals surface area contributed by atoms with E-state index in [0.717, 1.165) is 12.2 Å². The van der Waals surface area contributed by atoms with Crippen molar-refractivity contribution < 1.29 is 14.6 Å². The van der Waals surface area contributed by atoms with E-state index in [0.29, 0.717) is 18.7 Å². The molecule has 5 heteroatoms. The molecule has 1 saturated heterocycles. The van der Waals surface area contributed by atoms with Crippen molar-refractivity contribution in [2.75, 3.05) is 33.1 Å². The second-order valence-electron chi connectivity index (χ2n) is 4.75. The highest BCUT2D eigenvalue weighted by Gasteiger charge is 2.39. The summed E-state index contributed by atoms with van der Waals surface area (Å²) in [5.74, 6) is 0.763. The van der Waals surface area contributed by atoms with Crippen LogP contribution in [0.2, 0.25) is 0 Å². The Labute approximate surface area is 117 Å². The first-order valence-electron chi connectivity index (χ1n) is 6.23. The maximum atomic E-state index is 12.4. The van der Waals surface area contributed by atoms with Crippen molar-refractivity contribution in [1.29, 1.82) is 0 Å². The van der Waals surface area contributed by atoms with Gasteiger partial charge in [-0.1, -0.05) is 0 Å². The molecule has 1 fully saturated rings. The number of likely N-dealkylation sites (tertiary alicyclic amines) is 1. The molecule has 1 aromatic carbocycles. The fourth-order valence-corrected chi connectivity index (χ4v) is 3.00. The van der Waals surface area contributed by atoms with Crippen LogP contribution in [0.15, 0.2) is 24.3 Å². The summed E-state index contributed by atoms with van der Waals surface area (Å²) in [6.07, 6.45) is 2.82. The summed E-state index contributed by atoms with van der Waals surface area (Å²) < 4.78 is 4.89. The minimum absolute atomic E-state index is 0.0204. The molecule has 0 bridgehead atoms. The molecule has 4 nitrogen and oxygen atoms in total. The summed E-state index contributed by atoms with van der Waals surface area (Å²) in [6, 6.07) is 7.13. The Morgan fingerprint density at radius 2 is 2.16 bits per heavy atom. The SMILES string of the molecule is COc1ccc(C(=O)N2CCC(CO)(SC)C2)cc1.